The highest BCUT2D eigenvalue weighted by Crippen LogP contribution is 2.43. The van der Waals surface area contributed by atoms with Crippen molar-refractivity contribution in [2.24, 2.45) is 0 Å². The minimum Gasteiger partial charge on any atom is -0.490 e. The third-order valence-corrected chi connectivity index (χ3v) is 7.36. The minimum absolute atomic E-state index is 0.252. The highest BCUT2D eigenvalue weighted by Gasteiger charge is 2.26. The number of thioether (sulfide) groups is 1. The van der Waals surface area contributed by atoms with Crippen molar-refractivity contribution < 1.29 is 14.4 Å². The molecule has 0 amide bonds. The highest BCUT2D eigenvalue weighted by atomic mass is 35.5. The highest BCUT2D eigenvalue weighted by molar-refractivity contribution is 7.99. The predicted molar refractivity (Wildman–Crippen MR) is 150 cm³/mol. The molecule has 4 aromatic rings. The summed E-state index contributed by atoms with van der Waals surface area (Å²) in [6.45, 7) is 5.97. The van der Waals surface area contributed by atoms with Crippen LogP contribution in [-0.4, -0.2) is 32.8 Å². The predicted octanol–water partition coefficient (Wildman–Crippen LogP) is 7.28. The number of nitro groups is 1. The number of hydrogen-bond donors (Lipinski definition) is 0. The average molecular weight is 574 g/mol. The van der Waals surface area contributed by atoms with E-state index in [-0.39, 0.29) is 18.1 Å². The Balaban J connectivity index is 1.66. The molecule has 1 atom stereocenters. The quantitative estimate of drug-likeness (QED) is 0.106. The number of aryl methyl sites for hydroxylation is 2. The van der Waals surface area contributed by atoms with Gasteiger partial charge in [0.1, 0.15) is 17.7 Å². The average Bonchev–Trinajstić information content (AvgIpc) is 3.24. The maximum atomic E-state index is 11.7. The molecule has 0 radical (unpaired) electrons. The zero-order chi connectivity index (χ0) is 27.2. The van der Waals surface area contributed by atoms with Gasteiger partial charge in [0.05, 0.1) is 11.6 Å². The van der Waals surface area contributed by atoms with Crippen molar-refractivity contribution in [1.82, 2.24) is 14.8 Å². The van der Waals surface area contributed by atoms with E-state index in [1.165, 1.54) is 11.8 Å². The Morgan fingerprint density at radius 1 is 1.03 bits per heavy atom. The summed E-state index contributed by atoms with van der Waals surface area (Å²) in [6, 6.07) is 18.6. The summed E-state index contributed by atoms with van der Waals surface area (Å²) < 4.78 is 13.7. The second kappa shape index (κ2) is 12.5. The molecule has 0 spiro atoms. The van der Waals surface area contributed by atoms with E-state index >= 15 is 0 Å². The standard InChI is InChI=1S/C27H26Cl2N4O4S/c1-4-36-24-14-20(13-23(29)26(24)37-16-19-7-9-21(28)10-8-19)25(15-32(34)35)38-27-31-30-18(3)33(27)22-11-5-17(2)6-12-22/h5-14,25H,4,15-16H2,1-3H3/t25-/m1/s1. The summed E-state index contributed by atoms with van der Waals surface area (Å²) in [5.41, 5.74) is 3.52. The number of hydrogen-bond acceptors (Lipinski definition) is 7. The van der Waals surface area contributed by atoms with Crippen LogP contribution in [0.1, 0.15) is 34.7 Å². The van der Waals surface area contributed by atoms with E-state index < -0.39 is 5.25 Å². The fourth-order valence-electron chi connectivity index (χ4n) is 3.80. The van der Waals surface area contributed by atoms with Crippen LogP contribution < -0.4 is 9.47 Å². The van der Waals surface area contributed by atoms with Gasteiger partial charge in [0.25, 0.3) is 0 Å². The Morgan fingerprint density at radius 2 is 1.74 bits per heavy atom. The molecule has 198 valence electrons. The fraction of sp³-hybridized carbons (Fsp3) is 0.259. The summed E-state index contributed by atoms with van der Waals surface area (Å²) >= 11 is 13.9. The molecule has 3 aromatic carbocycles. The normalized spacial score (nSPS) is 11.8. The van der Waals surface area contributed by atoms with Crippen LogP contribution in [0.2, 0.25) is 10.0 Å². The van der Waals surface area contributed by atoms with Crippen LogP contribution in [0.3, 0.4) is 0 Å². The third-order valence-electron chi connectivity index (χ3n) is 5.65. The van der Waals surface area contributed by atoms with Gasteiger partial charge in [0.15, 0.2) is 16.7 Å². The number of ether oxygens (including phenoxy) is 2. The summed E-state index contributed by atoms with van der Waals surface area (Å²) in [5.74, 6) is 1.46. The number of halogens is 2. The van der Waals surface area contributed by atoms with Gasteiger partial charge in [-0.25, -0.2) is 0 Å². The summed E-state index contributed by atoms with van der Waals surface area (Å²) in [4.78, 5) is 11.3. The van der Waals surface area contributed by atoms with Crippen LogP contribution in [0.4, 0.5) is 0 Å². The van der Waals surface area contributed by atoms with E-state index in [9.17, 15) is 10.1 Å². The lowest BCUT2D eigenvalue weighted by atomic mass is 10.1. The van der Waals surface area contributed by atoms with Crippen molar-refractivity contribution >= 4 is 35.0 Å². The molecule has 0 saturated carbocycles. The molecule has 0 N–H and O–H groups in total. The summed E-state index contributed by atoms with van der Waals surface area (Å²) in [6.07, 6.45) is 0. The van der Waals surface area contributed by atoms with Gasteiger partial charge in [-0.15, -0.1) is 10.2 Å². The van der Waals surface area contributed by atoms with E-state index in [2.05, 4.69) is 10.2 Å². The van der Waals surface area contributed by atoms with Crippen molar-refractivity contribution in [3.05, 3.63) is 103 Å². The lowest BCUT2D eigenvalue weighted by molar-refractivity contribution is -0.479. The first-order chi connectivity index (χ1) is 18.2. The largest absolute Gasteiger partial charge is 0.490 e. The van der Waals surface area contributed by atoms with Crippen LogP contribution in [0.25, 0.3) is 5.69 Å². The Bertz CT molecular complexity index is 1410. The number of aromatic nitrogens is 3. The maximum absolute atomic E-state index is 11.7. The molecule has 0 bridgehead atoms. The molecule has 1 heterocycles. The van der Waals surface area contributed by atoms with Crippen molar-refractivity contribution in [3.8, 4) is 17.2 Å². The number of benzene rings is 3. The van der Waals surface area contributed by atoms with Crippen molar-refractivity contribution in [1.29, 1.82) is 0 Å². The van der Waals surface area contributed by atoms with Crippen LogP contribution in [0.5, 0.6) is 11.5 Å². The molecule has 4 rings (SSSR count). The lowest BCUT2D eigenvalue weighted by Crippen LogP contribution is -2.12. The van der Waals surface area contributed by atoms with Crippen molar-refractivity contribution in [2.75, 3.05) is 13.2 Å². The van der Waals surface area contributed by atoms with Gasteiger partial charge in [-0.1, -0.05) is 64.8 Å². The molecule has 0 unspecified atom stereocenters. The molecule has 8 nitrogen and oxygen atoms in total. The third kappa shape index (κ3) is 6.78. The fourth-order valence-corrected chi connectivity index (χ4v) is 5.35. The maximum Gasteiger partial charge on any atom is 0.220 e. The van der Waals surface area contributed by atoms with Crippen LogP contribution in [-0.2, 0) is 6.61 Å². The van der Waals surface area contributed by atoms with Gasteiger partial charge in [0, 0.05) is 15.6 Å². The second-order valence-electron chi connectivity index (χ2n) is 8.50. The number of rotatable bonds is 11. The first kappa shape index (κ1) is 27.8. The zero-order valence-corrected chi connectivity index (χ0v) is 23.4. The number of nitrogens with zero attached hydrogens (tertiary/aromatic N) is 4. The van der Waals surface area contributed by atoms with Gasteiger partial charge < -0.3 is 9.47 Å². The molecular formula is C27H26Cl2N4O4S. The van der Waals surface area contributed by atoms with E-state index in [0.29, 0.717) is 44.7 Å². The monoisotopic (exact) mass is 572 g/mol. The molecule has 0 saturated heterocycles. The van der Waals surface area contributed by atoms with E-state index in [1.54, 1.807) is 24.3 Å². The van der Waals surface area contributed by atoms with E-state index in [1.807, 2.05) is 61.7 Å². The van der Waals surface area contributed by atoms with E-state index in [4.69, 9.17) is 32.7 Å². The van der Waals surface area contributed by atoms with Gasteiger partial charge in [0.2, 0.25) is 6.54 Å². The van der Waals surface area contributed by atoms with Gasteiger partial charge in [-0.2, -0.15) is 0 Å². The van der Waals surface area contributed by atoms with Crippen molar-refractivity contribution in [2.45, 2.75) is 37.8 Å². The van der Waals surface area contributed by atoms with Crippen LogP contribution in [0, 0.1) is 24.0 Å². The molecule has 0 aliphatic heterocycles. The van der Waals surface area contributed by atoms with Gasteiger partial charge >= 0.3 is 0 Å². The SMILES string of the molecule is CCOc1cc([C@@H](C[N+](=O)[O-])Sc2nnc(C)n2-c2ccc(C)cc2)cc(Cl)c1OCc1ccc(Cl)cc1. The smallest absolute Gasteiger partial charge is 0.220 e. The zero-order valence-electron chi connectivity index (χ0n) is 21.1. The van der Waals surface area contributed by atoms with Crippen molar-refractivity contribution in [3.63, 3.8) is 0 Å². The van der Waals surface area contributed by atoms with Gasteiger partial charge in [-0.05, 0) is 68.3 Å². The first-order valence-corrected chi connectivity index (χ1v) is 13.5. The molecule has 38 heavy (non-hydrogen) atoms. The molecular weight excluding hydrogens is 547 g/mol. The molecule has 0 aliphatic carbocycles. The Morgan fingerprint density at radius 3 is 2.39 bits per heavy atom. The molecule has 1 aromatic heterocycles. The molecule has 11 heteroatoms. The topological polar surface area (TPSA) is 92.3 Å². The summed E-state index contributed by atoms with van der Waals surface area (Å²) in [5, 5.41) is 21.1. The Labute approximate surface area is 235 Å². The first-order valence-electron chi connectivity index (χ1n) is 11.9. The van der Waals surface area contributed by atoms with Crippen LogP contribution in [0.15, 0.2) is 65.8 Å². The summed E-state index contributed by atoms with van der Waals surface area (Å²) in [7, 11) is 0. The lowest BCUT2D eigenvalue weighted by Gasteiger charge is -2.19. The van der Waals surface area contributed by atoms with Gasteiger partial charge in [-0.3, -0.25) is 14.7 Å². The Kier molecular flexibility index (Phi) is 9.14. The molecule has 0 aliphatic rings. The Hall–Kier alpha value is -3.27. The molecule has 0 fully saturated rings. The van der Waals surface area contributed by atoms with E-state index in [0.717, 1.165) is 16.8 Å². The second-order valence-corrected chi connectivity index (χ2v) is 10.5. The minimum atomic E-state index is -0.611. The van der Waals surface area contributed by atoms with Crippen LogP contribution >= 0.6 is 35.0 Å².